The summed E-state index contributed by atoms with van der Waals surface area (Å²) in [6, 6.07) is 6.13. The number of nitriles is 1. The summed E-state index contributed by atoms with van der Waals surface area (Å²) in [4.78, 5) is 0. The molecule has 1 nitrogen and oxygen atoms in total. The van der Waals surface area contributed by atoms with Gasteiger partial charge in [0.25, 0.3) is 0 Å². The highest BCUT2D eigenvalue weighted by Crippen LogP contribution is 2.33. The van der Waals surface area contributed by atoms with Crippen molar-refractivity contribution in [3.63, 3.8) is 0 Å². The Kier molecular flexibility index (Phi) is 1.60. The minimum atomic E-state index is -0.229. The zero-order valence-corrected chi connectivity index (χ0v) is 6.44. The Hall–Kier alpha value is -0.730. The third-order valence-corrected chi connectivity index (χ3v) is 3.67. The van der Waals surface area contributed by atoms with E-state index in [4.69, 9.17) is 5.26 Å². The molecule has 0 N–H and O–H groups in total. The molecule has 46 valence electrons. The third kappa shape index (κ3) is 0.992. The smallest absolute Gasteiger partial charge is 0.103 e. The van der Waals surface area contributed by atoms with Gasteiger partial charge in [-0.15, -0.1) is 7.53 Å². The Morgan fingerprint density at radius 3 is 2.44 bits per heavy atom. The topological polar surface area (TPSA) is 23.8 Å². The molecular weight excluding hydrogens is 129 g/mol. The van der Waals surface area contributed by atoms with Crippen molar-refractivity contribution in [1.82, 2.24) is 0 Å². The standard InChI is InChI=1S/C7H8NP/c1-6-3-4-7(5-8)9(6)2/h3-4H,1-2H3. The monoisotopic (exact) mass is 137 g/mol. The molecule has 0 bridgehead atoms. The Morgan fingerprint density at radius 1 is 1.56 bits per heavy atom. The molecule has 1 aromatic rings. The van der Waals surface area contributed by atoms with Crippen molar-refractivity contribution < 1.29 is 0 Å². The molecule has 0 radical (unpaired) electrons. The molecule has 1 heterocycles. The summed E-state index contributed by atoms with van der Waals surface area (Å²) in [6.45, 7) is 4.19. The van der Waals surface area contributed by atoms with Crippen LogP contribution < -0.4 is 0 Å². The predicted octanol–water partition coefficient (Wildman–Crippen LogP) is 2.39. The molecule has 9 heavy (non-hydrogen) atoms. The van der Waals surface area contributed by atoms with Crippen molar-refractivity contribution in [2.75, 3.05) is 0 Å². The molecule has 0 saturated heterocycles. The van der Waals surface area contributed by atoms with Crippen LogP contribution in [0.4, 0.5) is 0 Å². The number of nitrogens with zero attached hydrogens (tertiary/aromatic N) is 1. The van der Waals surface area contributed by atoms with Gasteiger partial charge >= 0.3 is 0 Å². The van der Waals surface area contributed by atoms with E-state index in [1.807, 2.05) is 12.1 Å². The van der Waals surface area contributed by atoms with Gasteiger partial charge in [0.1, 0.15) is 6.07 Å². The van der Waals surface area contributed by atoms with Gasteiger partial charge in [0, 0.05) is 0 Å². The van der Waals surface area contributed by atoms with E-state index in [1.165, 1.54) is 5.30 Å². The number of aryl methyl sites for hydroxylation is 1. The minimum Gasteiger partial charge on any atom is -0.192 e. The van der Waals surface area contributed by atoms with E-state index in [9.17, 15) is 0 Å². The van der Waals surface area contributed by atoms with E-state index in [-0.39, 0.29) is 7.53 Å². The van der Waals surface area contributed by atoms with Gasteiger partial charge in [0.2, 0.25) is 0 Å². The van der Waals surface area contributed by atoms with Gasteiger partial charge in [-0.3, -0.25) is 0 Å². The number of rotatable bonds is 0. The molecule has 1 atom stereocenters. The van der Waals surface area contributed by atoms with E-state index in [0.717, 1.165) is 5.30 Å². The van der Waals surface area contributed by atoms with Crippen LogP contribution in [0.15, 0.2) is 12.1 Å². The molecule has 0 spiro atoms. The van der Waals surface area contributed by atoms with Crippen LogP contribution in [0.2, 0.25) is 0 Å². The van der Waals surface area contributed by atoms with E-state index >= 15 is 0 Å². The van der Waals surface area contributed by atoms with E-state index in [2.05, 4.69) is 19.7 Å². The second-order valence-corrected chi connectivity index (χ2v) is 4.34. The quantitative estimate of drug-likeness (QED) is 0.538. The SMILES string of the molecule is Cc1ccc(C#N)p1C. The lowest BCUT2D eigenvalue weighted by Gasteiger charge is -1.87. The van der Waals surface area contributed by atoms with Gasteiger partial charge in [-0.1, -0.05) is 6.07 Å². The fraction of sp³-hybridized carbons (Fsp3) is 0.286. The summed E-state index contributed by atoms with van der Waals surface area (Å²) in [5.41, 5.74) is 0. The first-order valence-electron chi connectivity index (χ1n) is 2.78. The lowest BCUT2D eigenvalue weighted by molar-refractivity contribution is 1.52. The maximum absolute atomic E-state index is 8.52. The van der Waals surface area contributed by atoms with Crippen LogP contribution in [0.25, 0.3) is 0 Å². The van der Waals surface area contributed by atoms with E-state index < -0.39 is 0 Å². The number of hydrogen-bond acceptors (Lipinski definition) is 1. The first kappa shape index (κ1) is 6.39. The van der Waals surface area contributed by atoms with Crippen LogP contribution >= 0.6 is 7.53 Å². The molecule has 1 rings (SSSR count). The molecule has 0 aromatic carbocycles. The summed E-state index contributed by atoms with van der Waals surface area (Å²) < 4.78 is 0. The van der Waals surface area contributed by atoms with Crippen LogP contribution in [0.1, 0.15) is 10.6 Å². The van der Waals surface area contributed by atoms with Crippen molar-refractivity contribution in [3.8, 4) is 6.07 Å². The van der Waals surface area contributed by atoms with Crippen molar-refractivity contribution in [3.05, 3.63) is 22.7 Å². The lowest BCUT2D eigenvalue weighted by Crippen LogP contribution is -1.57. The van der Waals surface area contributed by atoms with Crippen molar-refractivity contribution >= 4 is 7.53 Å². The Labute approximate surface area is 56.0 Å². The molecule has 1 unspecified atom stereocenters. The molecular formula is C7H8NP. The Morgan fingerprint density at radius 2 is 2.22 bits per heavy atom. The van der Waals surface area contributed by atoms with Gasteiger partial charge in [-0.2, -0.15) is 5.26 Å². The number of hydrogen-bond donors (Lipinski definition) is 0. The second kappa shape index (κ2) is 2.25. The summed E-state index contributed by atoms with van der Waals surface area (Å²) in [7, 11) is -0.229. The Balaban J connectivity index is 3.24. The average Bonchev–Trinajstić information content (AvgIpc) is 2.15. The Bertz CT molecular complexity index is 254. The van der Waals surface area contributed by atoms with Gasteiger partial charge in [0.15, 0.2) is 0 Å². The zero-order chi connectivity index (χ0) is 6.85. The van der Waals surface area contributed by atoms with Crippen molar-refractivity contribution in [2.24, 2.45) is 6.66 Å². The van der Waals surface area contributed by atoms with Gasteiger partial charge in [-0.25, -0.2) is 0 Å². The van der Waals surface area contributed by atoms with Crippen LogP contribution in [-0.2, 0) is 6.66 Å². The highest BCUT2D eigenvalue weighted by molar-refractivity contribution is 7.49. The average molecular weight is 137 g/mol. The van der Waals surface area contributed by atoms with Gasteiger partial charge in [-0.05, 0) is 25.0 Å². The molecule has 0 aliphatic carbocycles. The first-order chi connectivity index (χ1) is 4.25. The van der Waals surface area contributed by atoms with Crippen molar-refractivity contribution in [2.45, 2.75) is 6.92 Å². The molecule has 0 aliphatic rings. The van der Waals surface area contributed by atoms with Crippen LogP contribution in [0.5, 0.6) is 0 Å². The largest absolute Gasteiger partial charge is 0.192 e. The van der Waals surface area contributed by atoms with Gasteiger partial charge < -0.3 is 0 Å². The van der Waals surface area contributed by atoms with Gasteiger partial charge in [0.05, 0.1) is 5.30 Å². The second-order valence-electron chi connectivity index (χ2n) is 2.03. The normalized spacial score (nSPS) is 11.0. The molecule has 0 aliphatic heterocycles. The molecule has 2 heteroatoms. The molecule has 1 aromatic heterocycles. The molecule has 0 amide bonds. The maximum Gasteiger partial charge on any atom is 0.103 e. The highest BCUT2D eigenvalue weighted by Gasteiger charge is 1.97. The predicted molar refractivity (Wildman–Crippen MR) is 39.6 cm³/mol. The van der Waals surface area contributed by atoms with E-state index in [1.54, 1.807) is 0 Å². The lowest BCUT2D eigenvalue weighted by atomic mass is 10.5. The summed E-state index contributed by atoms with van der Waals surface area (Å²) in [5.74, 6) is 0. The van der Waals surface area contributed by atoms with Crippen molar-refractivity contribution in [1.29, 1.82) is 5.26 Å². The zero-order valence-electron chi connectivity index (χ0n) is 5.55. The van der Waals surface area contributed by atoms with Crippen LogP contribution in [0, 0.1) is 18.3 Å². The highest BCUT2D eigenvalue weighted by atomic mass is 31.1. The molecule has 0 fully saturated rings. The third-order valence-electron chi connectivity index (χ3n) is 1.49. The summed E-state index contributed by atoms with van der Waals surface area (Å²) in [6.07, 6.45) is 0. The van der Waals surface area contributed by atoms with E-state index in [0.29, 0.717) is 0 Å². The fourth-order valence-electron chi connectivity index (χ4n) is 0.725. The van der Waals surface area contributed by atoms with Crippen LogP contribution in [0.3, 0.4) is 0 Å². The maximum atomic E-state index is 8.52. The minimum absolute atomic E-state index is 0.229. The summed E-state index contributed by atoms with van der Waals surface area (Å²) in [5, 5.41) is 10.8. The summed E-state index contributed by atoms with van der Waals surface area (Å²) >= 11 is 0. The van der Waals surface area contributed by atoms with Crippen LogP contribution in [-0.4, -0.2) is 0 Å². The first-order valence-corrected chi connectivity index (χ1v) is 4.57. The fourth-order valence-corrected chi connectivity index (χ4v) is 1.85. The molecule has 0 saturated carbocycles.